The van der Waals surface area contributed by atoms with Gasteiger partial charge in [0.05, 0.1) is 5.69 Å². The number of carbonyl (C=O) groups excluding carboxylic acids is 1. The molecule has 2 aromatic heterocycles. The molecule has 37 heavy (non-hydrogen) atoms. The van der Waals surface area contributed by atoms with Gasteiger partial charge in [-0.3, -0.25) is 4.79 Å². The summed E-state index contributed by atoms with van der Waals surface area (Å²) in [5.41, 5.74) is 3.05. The van der Waals surface area contributed by atoms with E-state index in [-0.39, 0.29) is 16.5 Å². The summed E-state index contributed by atoms with van der Waals surface area (Å²) in [6.07, 6.45) is 0.261. The van der Waals surface area contributed by atoms with Crippen LogP contribution in [0.5, 0.6) is 0 Å². The van der Waals surface area contributed by atoms with Crippen molar-refractivity contribution in [2.24, 2.45) is 5.10 Å². The predicted molar refractivity (Wildman–Crippen MR) is 139 cm³/mol. The van der Waals surface area contributed by atoms with E-state index in [1.165, 1.54) is 11.6 Å². The minimum atomic E-state index is -4.64. The van der Waals surface area contributed by atoms with Crippen molar-refractivity contribution in [2.75, 3.05) is 0 Å². The second-order valence-electron chi connectivity index (χ2n) is 7.89. The topological polar surface area (TPSA) is 72.2 Å². The molecule has 0 spiro atoms. The van der Waals surface area contributed by atoms with Gasteiger partial charge >= 0.3 is 6.18 Å². The molecule has 2 heterocycles. The Morgan fingerprint density at radius 2 is 1.73 bits per heavy atom. The highest BCUT2D eigenvalue weighted by Crippen LogP contribution is 2.34. The second kappa shape index (κ2) is 10.2. The zero-order valence-corrected chi connectivity index (χ0v) is 19.9. The summed E-state index contributed by atoms with van der Waals surface area (Å²) in [6.45, 7) is 0. The lowest BCUT2D eigenvalue weighted by molar-refractivity contribution is -0.141. The Bertz CT molecular complexity index is 1620. The van der Waals surface area contributed by atoms with Crippen molar-refractivity contribution in [1.29, 1.82) is 0 Å². The number of allylic oxidation sites excluding steroid dienone is 1. The van der Waals surface area contributed by atoms with Gasteiger partial charge in [0.2, 0.25) is 5.13 Å². The molecule has 0 saturated carbocycles. The minimum absolute atomic E-state index is 0.0118. The summed E-state index contributed by atoms with van der Waals surface area (Å²) in [5, 5.41) is 11.0. The van der Waals surface area contributed by atoms with Crippen molar-refractivity contribution in [1.82, 2.24) is 20.2 Å². The molecule has 5 rings (SSSR count). The van der Waals surface area contributed by atoms with E-state index in [2.05, 4.69) is 20.6 Å². The largest absolute Gasteiger partial charge is 0.435 e. The Morgan fingerprint density at radius 1 is 0.973 bits per heavy atom. The summed E-state index contributed by atoms with van der Waals surface area (Å²) in [6, 6.07) is 23.4. The molecule has 0 aliphatic rings. The van der Waals surface area contributed by atoms with Crippen molar-refractivity contribution in [3.05, 3.63) is 107 Å². The Balaban J connectivity index is 1.39. The fraction of sp³-hybridized carbons (Fsp3) is 0.0370. The first-order valence-corrected chi connectivity index (χ1v) is 11.9. The van der Waals surface area contributed by atoms with Crippen molar-refractivity contribution < 1.29 is 18.0 Å². The fourth-order valence-corrected chi connectivity index (χ4v) is 4.37. The molecule has 0 aliphatic carbocycles. The van der Waals surface area contributed by atoms with Crippen LogP contribution in [-0.2, 0) is 6.18 Å². The first kappa shape index (κ1) is 24.1. The van der Waals surface area contributed by atoms with E-state index in [9.17, 15) is 18.0 Å². The summed E-state index contributed by atoms with van der Waals surface area (Å²) in [7, 11) is 0. The van der Waals surface area contributed by atoms with E-state index in [0.717, 1.165) is 38.4 Å². The van der Waals surface area contributed by atoms with Gasteiger partial charge in [0.25, 0.3) is 5.91 Å². The van der Waals surface area contributed by atoms with Gasteiger partial charge in [0.15, 0.2) is 5.69 Å². The van der Waals surface area contributed by atoms with E-state index in [1.807, 2.05) is 66.7 Å². The van der Waals surface area contributed by atoms with E-state index in [1.54, 1.807) is 18.2 Å². The summed E-state index contributed by atoms with van der Waals surface area (Å²) in [5.74, 6) is -0.595. The molecule has 0 saturated heterocycles. The molecule has 10 heteroatoms. The highest BCUT2D eigenvalue weighted by Gasteiger charge is 2.35. The fourth-order valence-electron chi connectivity index (χ4n) is 3.60. The molecule has 0 aliphatic heterocycles. The molecule has 184 valence electrons. The number of nitrogens with zero attached hydrogens (tertiary/aromatic N) is 4. The van der Waals surface area contributed by atoms with Crippen molar-refractivity contribution >= 4 is 40.3 Å². The summed E-state index contributed by atoms with van der Waals surface area (Å²) < 4.78 is 41.7. The van der Waals surface area contributed by atoms with Gasteiger partial charge in [-0.2, -0.15) is 23.4 Å². The van der Waals surface area contributed by atoms with Gasteiger partial charge in [-0.1, -0.05) is 72.8 Å². The number of aromatic nitrogens is 3. The SMILES string of the molecule is O=C(N/N=C/C=C/c1ccccc1)c1csc(-n2nc(C(F)(F)F)cc2-c2ccc3ccccc3c2)n1. The highest BCUT2D eigenvalue weighted by molar-refractivity contribution is 7.12. The van der Waals surface area contributed by atoms with Gasteiger partial charge in [-0.25, -0.2) is 15.1 Å². The third-order valence-corrected chi connectivity index (χ3v) is 6.18. The number of hydrogen-bond donors (Lipinski definition) is 1. The molecule has 0 radical (unpaired) electrons. The number of alkyl halides is 3. The Hall–Kier alpha value is -4.57. The number of fused-ring (bicyclic) bond motifs is 1. The Morgan fingerprint density at radius 3 is 2.51 bits per heavy atom. The van der Waals surface area contributed by atoms with Gasteiger partial charge < -0.3 is 0 Å². The molecular weight excluding hydrogens is 499 g/mol. The highest BCUT2D eigenvalue weighted by atomic mass is 32.1. The lowest BCUT2D eigenvalue weighted by atomic mass is 10.0. The minimum Gasteiger partial charge on any atom is -0.266 e. The van der Waals surface area contributed by atoms with Gasteiger partial charge in [-0.05, 0) is 34.5 Å². The average molecular weight is 518 g/mol. The number of rotatable bonds is 6. The number of thiazole rings is 1. The van der Waals surface area contributed by atoms with E-state index in [4.69, 9.17) is 0 Å². The number of hydrazone groups is 1. The van der Waals surface area contributed by atoms with Crippen LogP contribution < -0.4 is 5.43 Å². The predicted octanol–water partition coefficient (Wildman–Crippen LogP) is 6.60. The van der Waals surface area contributed by atoms with E-state index in [0.29, 0.717) is 5.56 Å². The number of amides is 1. The standard InChI is InChI=1S/C27H18F3N5OS/c28-27(29,30)24-16-23(21-13-12-19-10-4-5-11-20(19)15-21)35(34-24)26-32-22(17-37-26)25(36)33-31-14-6-9-18-7-2-1-3-8-18/h1-17H,(H,33,36)/b9-6+,31-14+. The van der Waals surface area contributed by atoms with Crippen LogP contribution in [0.1, 0.15) is 21.7 Å². The molecule has 1 N–H and O–H groups in total. The molecular formula is C27H18F3N5OS. The van der Waals surface area contributed by atoms with Crippen molar-refractivity contribution in [2.45, 2.75) is 6.18 Å². The van der Waals surface area contributed by atoms with Crippen LogP contribution in [0, 0.1) is 0 Å². The number of halogens is 3. The molecule has 0 bridgehead atoms. The van der Waals surface area contributed by atoms with Crippen LogP contribution in [0.2, 0.25) is 0 Å². The third-order valence-electron chi connectivity index (χ3n) is 5.37. The van der Waals surface area contributed by atoms with Gasteiger partial charge in [0, 0.05) is 17.2 Å². The van der Waals surface area contributed by atoms with Crippen LogP contribution in [0.3, 0.4) is 0 Å². The lowest BCUT2D eigenvalue weighted by Gasteiger charge is -2.06. The molecule has 1 amide bonds. The third kappa shape index (κ3) is 5.49. The average Bonchev–Trinajstić information content (AvgIpc) is 3.57. The number of carbonyl (C=O) groups is 1. The molecule has 0 fully saturated rings. The van der Waals surface area contributed by atoms with Crippen LogP contribution in [0.15, 0.2) is 95.4 Å². The monoisotopic (exact) mass is 517 g/mol. The maximum absolute atomic E-state index is 13.5. The normalized spacial score (nSPS) is 12.1. The second-order valence-corrected chi connectivity index (χ2v) is 8.73. The Kier molecular flexibility index (Phi) is 6.65. The van der Waals surface area contributed by atoms with Crippen LogP contribution in [-0.4, -0.2) is 26.9 Å². The van der Waals surface area contributed by atoms with Crippen LogP contribution in [0.4, 0.5) is 13.2 Å². The summed E-state index contributed by atoms with van der Waals surface area (Å²) in [4.78, 5) is 16.7. The van der Waals surface area contributed by atoms with Gasteiger partial charge in [-0.15, -0.1) is 11.3 Å². The molecule has 6 nitrogen and oxygen atoms in total. The lowest BCUT2D eigenvalue weighted by Crippen LogP contribution is -2.18. The van der Waals surface area contributed by atoms with Gasteiger partial charge in [0.1, 0.15) is 5.69 Å². The van der Waals surface area contributed by atoms with E-state index >= 15 is 0 Å². The smallest absolute Gasteiger partial charge is 0.266 e. The zero-order chi connectivity index (χ0) is 25.8. The maximum Gasteiger partial charge on any atom is 0.435 e. The van der Waals surface area contributed by atoms with Crippen molar-refractivity contribution in [3.8, 4) is 16.4 Å². The van der Waals surface area contributed by atoms with Crippen LogP contribution in [0.25, 0.3) is 33.2 Å². The number of nitrogens with one attached hydrogen (secondary N) is 1. The van der Waals surface area contributed by atoms with E-state index < -0.39 is 17.8 Å². The molecule has 0 atom stereocenters. The van der Waals surface area contributed by atoms with Crippen LogP contribution >= 0.6 is 11.3 Å². The Labute approximate surface area is 213 Å². The maximum atomic E-state index is 13.5. The molecule has 3 aromatic carbocycles. The first-order valence-electron chi connectivity index (χ1n) is 11.1. The number of benzene rings is 3. The zero-order valence-electron chi connectivity index (χ0n) is 19.1. The van der Waals surface area contributed by atoms with Crippen molar-refractivity contribution in [3.63, 3.8) is 0 Å². The first-order chi connectivity index (χ1) is 17.9. The summed E-state index contributed by atoms with van der Waals surface area (Å²) >= 11 is 1.00. The number of hydrogen-bond acceptors (Lipinski definition) is 5. The quantitative estimate of drug-likeness (QED) is 0.204. The molecule has 0 unspecified atom stereocenters. The molecule has 5 aromatic rings.